The van der Waals surface area contributed by atoms with E-state index in [4.69, 9.17) is 18.9 Å². The molecule has 0 saturated carbocycles. The molecule has 0 bridgehead atoms. The lowest BCUT2D eigenvalue weighted by atomic mass is 9.97. The molecule has 2 aromatic rings. The lowest BCUT2D eigenvalue weighted by Gasteiger charge is -2.17. The summed E-state index contributed by atoms with van der Waals surface area (Å²) in [6, 6.07) is 8.88. The predicted molar refractivity (Wildman–Crippen MR) is 147 cm³/mol. The maximum atomic E-state index is 5.70. The molecule has 0 spiro atoms. The second-order valence-electron chi connectivity index (χ2n) is 9.56. The Morgan fingerprint density at radius 3 is 2.31 bits per heavy atom. The largest absolute Gasteiger partial charge is 0.493 e. The normalized spacial score (nSPS) is 13.1. The third-order valence-electron chi connectivity index (χ3n) is 7.06. The third kappa shape index (κ3) is 7.53. The van der Waals surface area contributed by atoms with E-state index in [-0.39, 0.29) is 0 Å². The van der Waals surface area contributed by atoms with Gasteiger partial charge in [-0.15, -0.1) is 0 Å². The van der Waals surface area contributed by atoms with Crippen LogP contribution in [0.5, 0.6) is 23.0 Å². The van der Waals surface area contributed by atoms with Crippen LogP contribution in [0.1, 0.15) is 68.7 Å². The van der Waals surface area contributed by atoms with E-state index in [0.29, 0.717) is 12.8 Å². The van der Waals surface area contributed by atoms with Crippen LogP contribution in [-0.4, -0.2) is 46.7 Å². The maximum Gasteiger partial charge on any atom is 0.231 e. The van der Waals surface area contributed by atoms with Gasteiger partial charge in [0, 0.05) is 17.2 Å². The molecule has 1 unspecified atom stereocenters. The van der Waals surface area contributed by atoms with E-state index < -0.39 is 0 Å². The topological polar surface area (TPSA) is 61.0 Å². The van der Waals surface area contributed by atoms with Gasteiger partial charge in [-0.2, -0.15) is 0 Å². The molecule has 1 heterocycles. The first-order valence-electron chi connectivity index (χ1n) is 13.7. The molecular formula is C30H46N2O4. The fraction of sp³-hybridized carbons (Fsp3) is 0.600. The number of unbranched alkanes of at least 4 members (excludes halogenated alkanes) is 3. The smallest absolute Gasteiger partial charge is 0.231 e. The second kappa shape index (κ2) is 15.0. The van der Waals surface area contributed by atoms with Crippen molar-refractivity contribution in [2.24, 2.45) is 0 Å². The van der Waals surface area contributed by atoms with Gasteiger partial charge < -0.3 is 29.6 Å². The van der Waals surface area contributed by atoms with Crippen molar-refractivity contribution in [1.82, 2.24) is 10.6 Å². The highest BCUT2D eigenvalue weighted by atomic mass is 16.7. The summed E-state index contributed by atoms with van der Waals surface area (Å²) < 4.78 is 22.3. The molecule has 0 radical (unpaired) electrons. The molecule has 0 aliphatic carbocycles. The van der Waals surface area contributed by atoms with Crippen molar-refractivity contribution >= 4 is 0 Å². The Labute approximate surface area is 218 Å². The molecule has 36 heavy (non-hydrogen) atoms. The van der Waals surface area contributed by atoms with Crippen LogP contribution in [0.4, 0.5) is 0 Å². The molecule has 200 valence electrons. The van der Waals surface area contributed by atoms with Gasteiger partial charge in [-0.3, -0.25) is 0 Å². The highest BCUT2D eigenvalue weighted by Crippen LogP contribution is 2.38. The van der Waals surface area contributed by atoms with E-state index in [1.807, 2.05) is 12.1 Å². The van der Waals surface area contributed by atoms with E-state index in [1.165, 1.54) is 47.9 Å². The van der Waals surface area contributed by atoms with Crippen molar-refractivity contribution in [1.29, 1.82) is 0 Å². The van der Waals surface area contributed by atoms with Crippen LogP contribution in [0.3, 0.4) is 0 Å². The molecule has 2 aromatic carbocycles. The fourth-order valence-electron chi connectivity index (χ4n) is 5.13. The van der Waals surface area contributed by atoms with Crippen LogP contribution >= 0.6 is 0 Å². The number of rotatable bonds is 17. The highest BCUT2D eigenvalue weighted by Gasteiger charge is 2.20. The van der Waals surface area contributed by atoms with E-state index in [1.54, 1.807) is 14.2 Å². The van der Waals surface area contributed by atoms with Crippen LogP contribution in [-0.2, 0) is 25.7 Å². The Morgan fingerprint density at radius 2 is 1.58 bits per heavy atom. The van der Waals surface area contributed by atoms with Crippen LogP contribution in [0.2, 0.25) is 0 Å². The summed E-state index contributed by atoms with van der Waals surface area (Å²) >= 11 is 0. The number of benzene rings is 2. The fourth-order valence-corrected chi connectivity index (χ4v) is 5.13. The summed E-state index contributed by atoms with van der Waals surface area (Å²) in [5, 5.41) is 7.31. The van der Waals surface area contributed by atoms with Gasteiger partial charge in [0.05, 0.1) is 14.2 Å². The third-order valence-corrected chi connectivity index (χ3v) is 7.06. The first kappa shape index (κ1) is 28.1. The molecule has 6 heteroatoms. The second-order valence-corrected chi connectivity index (χ2v) is 9.56. The van der Waals surface area contributed by atoms with E-state index in [2.05, 4.69) is 43.5 Å². The zero-order chi connectivity index (χ0) is 25.8. The zero-order valence-electron chi connectivity index (χ0n) is 23.0. The molecule has 0 saturated heterocycles. The Hall–Kier alpha value is -2.44. The van der Waals surface area contributed by atoms with Gasteiger partial charge in [0.25, 0.3) is 0 Å². The molecule has 0 amide bonds. The van der Waals surface area contributed by atoms with Crippen molar-refractivity contribution in [2.45, 2.75) is 78.2 Å². The van der Waals surface area contributed by atoms with Gasteiger partial charge in [-0.25, -0.2) is 0 Å². The SMILES string of the molecule is CCc1c(CCNCCCCCCNC(C)Cc2ccc3c(c2CC)OCO3)ccc(OC)c1OC. The summed E-state index contributed by atoms with van der Waals surface area (Å²) in [4.78, 5) is 0. The quantitative estimate of drug-likeness (QED) is 0.282. The number of fused-ring (bicyclic) bond motifs is 1. The monoisotopic (exact) mass is 498 g/mol. The number of ether oxygens (including phenoxy) is 4. The molecule has 0 fully saturated rings. The molecule has 1 aliphatic heterocycles. The van der Waals surface area contributed by atoms with E-state index in [0.717, 1.165) is 68.3 Å². The number of hydrogen-bond acceptors (Lipinski definition) is 6. The van der Waals surface area contributed by atoms with Gasteiger partial charge in [-0.05, 0) is 88.3 Å². The summed E-state index contributed by atoms with van der Waals surface area (Å²) in [6.07, 6.45) is 8.91. The predicted octanol–water partition coefficient (Wildman–Crippen LogP) is 5.47. The van der Waals surface area contributed by atoms with Crippen molar-refractivity contribution in [3.8, 4) is 23.0 Å². The van der Waals surface area contributed by atoms with Crippen molar-refractivity contribution < 1.29 is 18.9 Å². The number of nitrogens with one attached hydrogen (secondary N) is 2. The van der Waals surface area contributed by atoms with E-state index in [9.17, 15) is 0 Å². The maximum absolute atomic E-state index is 5.70. The highest BCUT2D eigenvalue weighted by molar-refractivity contribution is 5.52. The van der Waals surface area contributed by atoms with Crippen molar-refractivity contribution in [2.75, 3.05) is 40.6 Å². The summed E-state index contributed by atoms with van der Waals surface area (Å²) in [5.74, 6) is 3.53. The minimum atomic E-state index is 0.340. The summed E-state index contributed by atoms with van der Waals surface area (Å²) in [7, 11) is 3.41. The van der Waals surface area contributed by atoms with E-state index >= 15 is 0 Å². The molecule has 1 atom stereocenters. The van der Waals surface area contributed by atoms with Crippen LogP contribution < -0.4 is 29.6 Å². The Bertz CT molecular complexity index is 947. The molecular weight excluding hydrogens is 452 g/mol. The lowest BCUT2D eigenvalue weighted by Crippen LogP contribution is -2.29. The van der Waals surface area contributed by atoms with Crippen molar-refractivity contribution in [3.05, 3.63) is 46.5 Å². The van der Waals surface area contributed by atoms with Gasteiger partial charge in [-0.1, -0.05) is 38.8 Å². The number of methoxy groups -OCH3 is 2. The van der Waals surface area contributed by atoms with Gasteiger partial charge in [0.2, 0.25) is 6.79 Å². The average molecular weight is 499 g/mol. The van der Waals surface area contributed by atoms with Crippen LogP contribution in [0.25, 0.3) is 0 Å². The minimum absolute atomic E-state index is 0.340. The number of hydrogen-bond donors (Lipinski definition) is 2. The Kier molecular flexibility index (Phi) is 11.7. The Balaban J connectivity index is 1.26. The summed E-state index contributed by atoms with van der Waals surface area (Å²) in [5.41, 5.74) is 5.26. The molecule has 3 rings (SSSR count). The molecule has 0 aromatic heterocycles. The van der Waals surface area contributed by atoms with Gasteiger partial charge in [0.1, 0.15) is 0 Å². The lowest BCUT2D eigenvalue weighted by molar-refractivity contribution is 0.173. The Morgan fingerprint density at radius 1 is 0.833 bits per heavy atom. The first-order chi connectivity index (χ1) is 17.6. The van der Waals surface area contributed by atoms with Crippen molar-refractivity contribution in [3.63, 3.8) is 0 Å². The standard InChI is InChI=1S/C30H46N2O4/c1-6-25-23(12-14-27(33-4)29(25)34-5)16-19-31-17-10-8-9-11-18-32-22(3)20-24-13-15-28-30(26(24)7-2)36-21-35-28/h12-15,22,31-32H,6-11,16-21H2,1-5H3. The molecule has 2 N–H and O–H groups in total. The first-order valence-corrected chi connectivity index (χ1v) is 13.7. The van der Waals surface area contributed by atoms with Crippen LogP contribution in [0, 0.1) is 0 Å². The van der Waals surface area contributed by atoms with Crippen LogP contribution in [0.15, 0.2) is 24.3 Å². The van der Waals surface area contributed by atoms with Gasteiger partial charge >= 0.3 is 0 Å². The minimum Gasteiger partial charge on any atom is -0.493 e. The summed E-state index contributed by atoms with van der Waals surface area (Å²) in [6.45, 7) is 10.1. The zero-order valence-corrected chi connectivity index (χ0v) is 23.0. The molecule has 1 aliphatic rings. The molecule has 6 nitrogen and oxygen atoms in total. The van der Waals surface area contributed by atoms with Gasteiger partial charge in [0.15, 0.2) is 23.0 Å². The average Bonchev–Trinajstić information content (AvgIpc) is 3.38.